The summed E-state index contributed by atoms with van der Waals surface area (Å²) in [5.74, 6) is -0.499. The lowest BCUT2D eigenvalue weighted by atomic mass is 10.4. The summed E-state index contributed by atoms with van der Waals surface area (Å²) in [5, 5.41) is 2.71. The van der Waals surface area contributed by atoms with Gasteiger partial charge in [-0.15, -0.1) is 0 Å². The summed E-state index contributed by atoms with van der Waals surface area (Å²) in [7, 11) is 0. The van der Waals surface area contributed by atoms with Crippen LogP contribution in [0.2, 0.25) is 0 Å². The van der Waals surface area contributed by atoms with E-state index in [4.69, 9.17) is 10.5 Å². The first kappa shape index (κ1) is 11.8. The highest BCUT2D eigenvalue weighted by Gasteiger charge is 2.16. The molecule has 0 unspecified atom stereocenters. The molecular weight excluding hydrogens is 198 g/mol. The molecule has 86 valence electrons. The van der Waals surface area contributed by atoms with Crippen molar-refractivity contribution < 1.29 is 14.3 Å². The van der Waals surface area contributed by atoms with Crippen LogP contribution in [0.5, 0.6) is 0 Å². The number of hydrogen-bond acceptors (Lipinski definition) is 3. The summed E-state index contributed by atoms with van der Waals surface area (Å²) >= 11 is 0. The van der Waals surface area contributed by atoms with Crippen LogP contribution in [0.4, 0.5) is 4.79 Å². The number of carbonyl (C=O) groups is 2. The maximum Gasteiger partial charge on any atom is 0.317 e. The molecule has 0 radical (unpaired) electrons. The molecule has 0 aromatic carbocycles. The number of likely N-dealkylation sites (tertiary alicyclic amines) is 1. The van der Waals surface area contributed by atoms with E-state index >= 15 is 0 Å². The molecular formula is C9H17N3O3. The normalized spacial score (nSPS) is 15.3. The van der Waals surface area contributed by atoms with Crippen molar-refractivity contribution in [1.29, 1.82) is 0 Å². The Labute approximate surface area is 88.7 Å². The Morgan fingerprint density at radius 2 is 2.00 bits per heavy atom. The highest BCUT2D eigenvalue weighted by atomic mass is 16.5. The number of nitrogens with zero attached hydrogens (tertiary/aromatic N) is 1. The van der Waals surface area contributed by atoms with Gasteiger partial charge in [0.1, 0.15) is 6.61 Å². The molecule has 0 aromatic rings. The van der Waals surface area contributed by atoms with Crippen molar-refractivity contribution in [3.63, 3.8) is 0 Å². The summed E-state index contributed by atoms with van der Waals surface area (Å²) in [6, 6.07) is -0.0600. The van der Waals surface area contributed by atoms with Gasteiger partial charge in [-0.1, -0.05) is 0 Å². The number of nitrogens with two attached hydrogens (primary N) is 1. The maximum atomic E-state index is 11.4. The zero-order chi connectivity index (χ0) is 11.1. The summed E-state index contributed by atoms with van der Waals surface area (Å²) in [5.41, 5.74) is 4.87. The summed E-state index contributed by atoms with van der Waals surface area (Å²) in [6.45, 7) is 2.27. The molecule has 1 rings (SSSR count). The molecule has 15 heavy (non-hydrogen) atoms. The minimum Gasteiger partial charge on any atom is -0.370 e. The molecule has 0 bridgehead atoms. The zero-order valence-electron chi connectivity index (χ0n) is 8.70. The molecule has 1 aliphatic rings. The SMILES string of the molecule is NC(=O)COCCNC(=O)N1CCCC1. The number of hydrogen-bond donors (Lipinski definition) is 2. The minimum absolute atomic E-state index is 0.0600. The molecule has 0 atom stereocenters. The van der Waals surface area contributed by atoms with Crippen LogP contribution in [0.3, 0.4) is 0 Å². The molecule has 6 nitrogen and oxygen atoms in total. The van der Waals surface area contributed by atoms with Crippen molar-refractivity contribution in [2.24, 2.45) is 5.73 Å². The lowest BCUT2D eigenvalue weighted by Gasteiger charge is -2.15. The Kier molecular flexibility index (Phi) is 4.89. The molecule has 3 N–H and O–H groups in total. The topological polar surface area (TPSA) is 84.7 Å². The van der Waals surface area contributed by atoms with Gasteiger partial charge in [-0.05, 0) is 12.8 Å². The number of urea groups is 1. The third-order valence-electron chi connectivity index (χ3n) is 2.16. The lowest BCUT2D eigenvalue weighted by molar-refractivity contribution is -0.122. The van der Waals surface area contributed by atoms with E-state index in [1.165, 1.54) is 0 Å². The number of carbonyl (C=O) groups excluding carboxylic acids is 2. The zero-order valence-corrected chi connectivity index (χ0v) is 8.70. The Bertz CT molecular complexity index is 227. The summed E-state index contributed by atoms with van der Waals surface area (Å²) in [6.07, 6.45) is 2.15. The minimum atomic E-state index is -0.499. The second kappa shape index (κ2) is 6.23. The van der Waals surface area contributed by atoms with Gasteiger partial charge < -0.3 is 20.7 Å². The molecule has 6 heteroatoms. The van der Waals surface area contributed by atoms with Crippen LogP contribution in [-0.4, -0.2) is 49.7 Å². The van der Waals surface area contributed by atoms with Crippen molar-refractivity contribution >= 4 is 11.9 Å². The van der Waals surface area contributed by atoms with Gasteiger partial charge in [-0.3, -0.25) is 4.79 Å². The highest BCUT2D eigenvalue weighted by Crippen LogP contribution is 2.06. The van der Waals surface area contributed by atoms with Crippen LogP contribution in [0.1, 0.15) is 12.8 Å². The van der Waals surface area contributed by atoms with E-state index in [1.807, 2.05) is 0 Å². The van der Waals surface area contributed by atoms with Crippen LogP contribution < -0.4 is 11.1 Å². The molecule has 0 aromatic heterocycles. The fourth-order valence-electron chi connectivity index (χ4n) is 1.43. The lowest BCUT2D eigenvalue weighted by Crippen LogP contribution is -2.39. The quantitative estimate of drug-likeness (QED) is 0.594. The van der Waals surface area contributed by atoms with Crippen LogP contribution in [0, 0.1) is 0 Å². The number of primary amides is 1. The highest BCUT2D eigenvalue weighted by molar-refractivity contribution is 5.75. The van der Waals surface area contributed by atoms with Crippen molar-refractivity contribution in [1.82, 2.24) is 10.2 Å². The average Bonchev–Trinajstić information content (AvgIpc) is 2.69. The monoisotopic (exact) mass is 215 g/mol. The predicted molar refractivity (Wildman–Crippen MR) is 54.2 cm³/mol. The first-order valence-electron chi connectivity index (χ1n) is 5.09. The second-order valence-electron chi connectivity index (χ2n) is 3.44. The third kappa shape index (κ3) is 4.64. The molecule has 1 saturated heterocycles. The molecule has 0 aliphatic carbocycles. The standard InChI is InChI=1S/C9H17N3O3/c10-8(13)7-15-6-3-11-9(14)12-4-1-2-5-12/h1-7H2,(H2,10,13)(H,11,14). The molecule has 1 heterocycles. The van der Waals surface area contributed by atoms with Gasteiger partial charge in [-0.25, -0.2) is 4.79 Å². The van der Waals surface area contributed by atoms with Gasteiger partial charge in [-0.2, -0.15) is 0 Å². The third-order valence-corrected chi connectivity index (χ3v) is 2.16. The van der Waals surface area contributed by atoms with Crippen molar-refractivity contribution in [2.75, 3.05) is 32.8 Å². The first-order valence-corrected chi connectivity index (χ1v) is 5.09. The Morgan fingerprint density at radius 3 is 2.60 bits per heavy atom. The maximum absolute atomic E-state index is 11.4. The molecule has 3 amide bonds. The Hall–Kier alpha value is -1.30. The molecule has 0 saturated carbocycles. The van der Waals surface area contributed by atoms with E-state index in [0.717, 1.165) is 25.9 Å². The van der Waals surface area contributed by atoms with Crippen molar-refractivity contribution in [2.45, 2.75) is 12.8 Å². The van der Waals surface area contributed by atoms with Gasteiger partial charge in [0.15, 0.2) is 0 Å². The number of rotatable bonds is 5. The van der Waals surface area contributed by atoms with E-state index in [2.05, 4.69) is 5.32 Å². The summed E-state index contributed by atoms with van der Waals surface area (Å²) in [4.78, 5) is 23.5. The van der Waals surface area contributed by atoms with Crippen molar-refractivity contribution in [3.05, 3.63) is 0 Å². The average molecular weight is 215 g/mol. The first-order chi connectivity index (χ1) is 7.20. The van der Waals surface area contributed by atoms with E-state index < -0.39 is 5.91 Å². The molecule has 0 spiro atoms. The van der Waals surface area contributed by atoms with E-state index in [1.54, 1.807) is 4.90 Å². The fraction of sp³-hybridized carbons (Fsp3) is 0.778. The van der Waals surface area contributed by atoms with Crippen molar-refractivity contribution in [3.8, 4) is 0 Å². The van der Waals surface area contributed by atoms with Gasteiger partial charge >= 0.3 is 6.03 Å². The molecule has 1 aliphatic heterocycles. The summed E-state index contributed by atoms with van der Waals surface area (Å²) < 4.78 is 4.90. The van der Waals surface area contributed by atoms with Gasteiger partial charge in [0, 0.05) is 19.6 Å². The van der Waals surface area contributed by atoms with Crippen LogP contribution in [-0.2, 0) is 9.53 Å². The predicted octanol–water partition coefficient (Wildman–Crippen LogP) is -0.706. The van der Waals surface area contributed by atoms with E-state index in [0.29, 0.717) is 13.2 Å². The second-order valence-corrected chi connectivity index (χ2v) is 3.44. The van der Waals surface area contributed by atoms with Crippen LogP contribution in [0.25, 0.3) is 0 Å². The molecule has 1 fully saturated rings. The Balaban J connectivity index is 1.99. The fourth-order valence-corrected chi connectivity index (χ4v) is 1.43. The largest absolute Gasteiger partial charge is 0.370 e. The number of ether oxygens (including phenoxy) is 1. The number of amides is 3. The van der Waals surface area contributed by atoms with Gasteiger partial charge in [0.2, 0.25) is 5.91 Å². The van der Waals surface area contributed by atoms with Crippen LogP contribution in [0.15, 0.2) is 0 Å². The number of nitrogens with one attached hydrogen (secondary N) is 1. The van der Waals surface area contributed by atoms with Gasteiger partial charge in [0.25, 0.3) is 0 Å². The Morgan fingerprint density at radius 1 is 1.33 bits per heavy atom. The van der Waals surface area contributed by atoms with E-state index in [-0.39, 0.29) is 12.6 Å². The van der Waals surface area contributed by atoms with E-state index in [9.17, 15) is 9.59 Å². The smallest absolute Gasteiger partial charge is 0.317 e. The van der Waals surface area contributed by atoms with Gasteiger partial charge in [0.05, 0.1) is 6.61 Å². The van der Waals surface area contributed by atoms with Crippen LogP contribution >= 0.6 is 0 Å².